The lowest BCUT2D eigenvalue weighted by atomic mass is 9.85. The van der Waals surface area contributed by atoms with Gasteiger partial charge in [-0.3, -0.25) is 0 Å². The maximum Gasteiger partial charge on any atom is 0.119 e. The lowest BCUT2D eigenvalue weighted by Gasteiger charge is -2.20. The number of aryl methyl sites for hydroxylation is 1. The summed E-state index contributed by atoms with van der Waals surface area (Å²) in [6.45, 7) is 3.89. The molecule has 96 valence electrons. The quantitative estimate of drug-likeness (QED) is 0.746. The van der Waals surface area contributed by atoms with E-state index in [9.17, 15) is 0 Å². The Morgan fingerprint density at radius 3 is 2.78 bits per heavy atom. The number of fused-ring (bicyclic) bond motifs is 1. The standard InChI is InChI=1S/C16H18O2.H2/c1-4-12-5-6-13-11-14(18-3)7-8-15(13)16(12)9-10-17-2;/h4,7-11H,1,5-6H2,2-3H3;1H/b10-9-;. The normalized spacial score (nSPS) is 14.6. The molecule has 2 nitrogen and oxygen atoms in total. The summed E-state index contributed by atoms with van der Waals surface area (Å²) < 4.78 is 10.3. The minimum atomic E-state index is 0. The fraction of sp³-hybridized carbons (Fsp3) is 0.250. The van der Waals surface area contributed by atoms with Crippen LogP contribution in [0.5, 0.6) is 5.75 Å². The molecule has 1 aromatic rings. The molecule has 0 aliphatic heterocycles. The van der Waals surface area contributed by atoms with Gasteiger partial charge in [0.2, 0.25) is 0 Å². The highest BCUT2D eigenvalue weighted by molar-refractivity contribution is 5.81. The van der Waals surface area contributed by atoms with Crippen LogP contribution < -0.4 is 4.74 Å². The zero-order valence-corrected chi connectivity index (χ0v) is 10.9. The maximum atomic E-state index is 5.27. The van der Waals surface area contributed by atoms with Crippen molar-refractivity contribution in [1.82, 2.24) is 0 Å². The largest absolute Gasteiger partial charge is 0.504 e. The molecular weight excluding hydrogens is 224 g/mol. The zero-order valence-electron chi connectivity index (χ0n) is 10.9. The van der Waals surface area contributed by atoms with Gasteiger partial charge in [-0.05, 0) is 53.3 Å². The van der Waals surface area contributed by atoms with Gasteiger partial charge in [-0.15, -0.1) is 0 Å². The Morgan fingerprint density at radius 1 is 1.28 bits per heavy atom. The Balaban J connectivity index is 0.00000180. The Morgan fingerprint density at radius 2 is 2.11 bits per heavy atom. The van der Waals surface area contributed by atoms with Gasteiger partial charge in [0.15, 0.2) is 0 Å². The Hall–Kier alpha value is -1.96. The van der Waals surface area contributed by atoms with Crippen molar-refractivity contribution < 1.29 is 10.9 Å². The first-order valence-electron chi connectivity index (χ1n) is 6.02. The van der Waals surface area contributed by atoms with Gasteiger partial charge in [0.25, 0.3) is 0 Å². The summed E-state index contributed by atoms with van der Waals surface area (Å²) in [5.74, 6) is 0.908. The highest BCUT2D eigenvalue weighted by Crippen LogP contribution is 2.34. The van der Waals surface area contributed by atoms with Crippen molar-refractivity contribution in [1.29, 1.82) is 0 Å². The van der Waals surface area contributed by atoms with E-state index in [1.807, 2.05) is 18.2 Å². The molecule has 0 fully saturated rings. The van der Waals surface area contributed by atoms with Gasteiger partial charge in [-0.2, -0.15) is 0 Å². The molecular formula is C16H20O2. The van der Waals surface area contributed by atoms with E-state index in [0.29, 0.717) is 0 Å². The Labute approximate surface area is 110 Å². The third kappa shape index (κ3) is 2.33. The molecule has 0 radical (unpaired) electrons. The van der Waals surface area contributed by atoms with Crippen molar-refractivity contribution >= 4 is 5.57 Å². The van der Waals surface area contributed by atoms with Gasteiger partial charge < -0.3 is 9.47 Å². The molecule has 2 rings (SSSR count). The van der Waals surface area contributed by atoms with Crippen LogP contribution in [0.2, 0.25) is 0 Å². The van der Waals surface area contributed by atoms with Crippen molar-refractivity contribution in [3.63, 3.8) is 0 Å². The minimum Gasteiger partial charge on any atom is -0.504 e. The van der Waals surface area contributed by atoms with Crippen molar-refractivity contribution in [3.05, 3.63) is 59.9 Å². The van der Waals surface area contributed by atoms with Crippen LogP contribution >= 0.6 is 0 Å². The molecule has 0 amide bonds. The Kier molecular flexibility index (Phi) is 3.88. The topological polar surface area (TPSA) is 18.5 Å². The van der Waals surface area contributed by atoms with Gasteiger partial charge in [0.1, 0.15) is 5.75 Å². The van der Waals surface area contributed by atoms with E-state index >= 15 is 0 Å². The number of ether oxygens (including phenoxy) is 2. The third-order valence-corrected chi connectivity index (χ3v) is 3.23. The van der Waals surface area contributed by atoms with Gasteiger partial charge in [0, 0.05) is 1.43 Å². The summed E-state index contributed by atoms with van der Waals surface area (Å²) in [7, 11) is 3.35. The number of hydrogen-bond acceptors (Lipinski definition) is 2. The van der Waals surface area contributed by atoms with Crippen molar-refractivity contribution in [3.8, 4) is 5.75 Å². The second-order valence-electron chi connectivity index (χ2n) is 4.20. The molecule has 2 heteroatoms. The SMILES string of the molecule is C=CC1=C(/C=C\OC)c2ccc(OC)cc2CC1.[HH]. The Bertz CT molecular complexity index is 515. The first kappa shape index (κ1) is 12.5. The zero-order chi connectivity index (χ0) is 13.0. The van der Waals surface area contributed by atoms with Crippen LogP contribution in [0.4, 0.5) is 0 Å². The first-order chi connectivity index (χ1) is 8.80. The average molecular weight is 244 g/mol. The molecule has 18 heavy (non-hydrogen) atoms. The number of rotatable bonds is 4. The fourth-order valence-corrected chi connectivity index (χ4v) is 2.29. The molecule has 0 spiro atoms. The monoisotopic (exact) mass is 244 g/mol. The lowest BCUT2D eigenvalue weighted by molar-refractivity contribution is 0.338. The van der Waals surface area contributed by atoms with Crippen LogP contribution in [0.15, 0.2) is 48.8 Å². The minimum absolute atomic E-state index is 0. The van der Waals surface area contributed by atoms with Gasteiger partial charge in [0.05, 0.1) is 20.5 Å². The lowest BCUT2D eigenvalue weighted by Crippen LogP contribution is -2.03. The molecule has 1 aliphatic rings. The van der Waals surface area contributed by atoms with Crippen LogP contribution in [0.25, 0.3) is 5.57 Å². The molecule has 0 saturated heterocycles. The molecule has 0 bridgehead atoms. The second kappa shape index (κ2) is 5.58. The highest BCUT2D eigenvalue weighted by atomic mass is 16.5. The molecule has 0 heterocycles. The fourth-order valence-electron chi connectivity index (χ4n) is 2.29. The van der Waals surface area contributed by atoms with Gasteiger partial charge >= 0.3 is 0 Å². The van der Waals surface area contributed by atoms with E-state index in [-0.39, 0.29) is 1.43 Å². The number of hydrogen-bond donors (Lipinski definition) is 0. The summed E-state index contributed by atoms with van der Waals surface area (Å²) in [5, 5.41) is 0. The maximum absolute atomic E-state index is 5.27. The molecule has 0 aromatic heterocycles. The number of allylic oxidation sites excluding steroid dienone is 4. The van der Waals surface area contributed by atoms with E-state index in [1.165, 1.54) is 22.3 Å². The van der Waals surface area contributed by atoms with E-state index in [2.05, 4.69) is 18.7 Å². The van der Waals surface area contributed by atoms with Crippen LogP contribution in [0.1, 0.15) is 19.0 Å². The third-order valence-electron chi connectivity index (χ3n) is 3.23. The van der Waals surface area contributed by atoms with E-state index in [4.69, 9.17) is 9.47 Å². The molecule has 0 atom stereocenters. The van der Waals surface area contributed by atoms with Crippen molar-refractivity contribution in [2.24, 2.45) is 0 Å². The summed E-state index contributed by atoms with van der Waals surface area (Å²) in [5.41, 5.74) is 5.01. The van der Waals surface area contributed by atoms with Crippen LogP contribution in [0.3, 0.4) is 0 Å². The van der Waals surface area contributed by atoms with Gasteiger partial charge in [-0.1, -0.05) is 18.7 Å². The van der Waals surface area contributed by atoms with Crippen molar-refractivity contribution in [2.45, 2.75) is 12.8 Å². The molecule has 1 aromatic carbocycles. The number of benzene rings is 1. The van der Waals surface area contributed by atoms with Crippen molar-refractivity contribution in [2.75, 3.05) is 14.2 Å². The second-order valence-corrected chi connectivity index (χ2v) is 4.20. The summed E-state index contributed by atoms with van der Waals surface area (Å²) in [4.78, 5) is 0. The van der Waals surface area contributed by atoms with Crippen LogP contribution in [-0.2, 0) is 11.2 Å². The van der Waals surface area contributed by atoms with E-state index in [1.54, 1.807) is 20.5 Å². The molecule has 0 N–H and O–H groups in total. The van der Waals surface area contributed by atoms with Crippen LogP contribution in [-0.4, -0.2) is 14.2 Å². The van der Waals surface area contributed by atoms with Crippen LogP contribution in [0, 0.1) is 0 Å². The molecule has 0 saturated carbocycles. The van der Waals surface area contributed by atoms with E-state index < -0.39 is 0 Å². The molecule has 0 unspecified atom stereocenters. The first-order valence-corrected chi connectivity index (χ1v) is 6.02. The summed E-state index contributed by atoms with van der Waals surface area (Å²) >= 11 is 0. The smallest absolute Gasteiger partial charge is 0.119 e. The molecule has 1 aliphatic carbocycles. The van der Waals surface area contributed by atoms with E-state index in [0.717, 1.165) is 18.6 Å². The summed E-state index contributed by atoms with van der Waals surface area (Å²) in [6, 6.07) is 6.20. The summed E-state index contributed by atoms with van der Waals surface area (Å²) in [6.07, 6.45) is 7.67. The van der Waals surface area contributed by atoms with Gasteiger partial charge in [-0.25, -0.2) is 0 Å². The predicted octanol–water partition coefficient (Wildman–Crippen LogP) is 3.99. The average Bonchev–Trinajstić information content (AvgIpc) is 2.43. The highest BCUT2D eigenvalue weighted by Gasteiger charge is 2.16. The number of methoxy groups -OCH3 is 2. The predicted molar refractivity (Wildman–Crippen MR) is 76.7 cm³/mol.